The lowest BCUT2D eigenvalue weighted by Crippen LogP contribution is -2.46. The Balaban J connectivity index is 1.73. The molecular weight excluding hydrogens is 370 g/mol. The molecule has 4 rings (SSSR count). The van der Waals surface area contributed by atoms with E-state index in [-0.39, 0.29) is 18.4 Å². The summed E-state index contributed by atoms with van der Waals surface area (Å²) in [4.78, 5) is 34.9. The number of aromatic nitrogens is 2. The number of ether oxygens (including phenoxy) is 1. The maximum absolute atomic E-state index is 13.3. The van der Waals surface area contributed by atoms with Crippen LogP contribution >= 0.6 is 0 Å². The Kier molecular flexibility index (Phi) is 5.14. The van der Waals surface area contributed by atoms with Crippen LogP contribution in [0, 0.1) is 0 Å². The van der Waals surface area contributed by atoms with Crippen LogP contribution in [0.2, 0.25) is 0 Å². The molecule has 1 N–H and O–H groups in total. The number of likely N-dealkylation sites (tertiary alicyclic amines) is 1. The zero-order chi connectivity index (χ0) is 20.6. The minimum Gasteiger partial charge on any atom is -0.383 e. The molecule has 0 unspecified atom stereocenters. The van der Waals surface area contributed by atoms with Gasteiger partial charge in [0.1, 0.15) is 17.3 Å². The average Bonchev–Trinajstić information content (AvgIpc) is 3.37. The van der Waals surface area contributed by atoms with Gasteiger partial charge in [0.2, 0.25) is 11.8 Å². The highest BCUT2D eigenvalue weighted by atomic mass is 16.5. The summed E-state index contributed by atoms with van der Waals surface area (Å²) in [7, 11) is 5.45. The summed E-state index contributed by atoms with van der Waals surface area (Å²) in [5.41, 5.74) is 0.945. The summed E-state index contributed by atoms with van der Waals surface area (Å²) in [6.45, 7) is 2.00. The SMILES string of the molecule is COCCN(C)CC(=O)N1CC[C@]2(C(=O)Nc3ccccc32)[C@@H]1c1nccn1C. The normalized spacial score (nSPS) is 23.1. The van der Waals surface area contributed by atoms with Crippen LogP contribution in [0.5, 0.6) is 0 Å². The van der Waals surface area contributed by atoms with Crippen molar-refractivity contribution in [2.75, 3.05) is 45.7 Å². The smallest absolute Gasteiger partial charge is 0.237 e. The summed E-state index contributed by atoms with van der Waals surface area (Å²) >= 11 is 0. The van der Waals surface area contributed by atoms with Gasteiger partial charge in [0, 0.05) is 45.3 Å². The molecule has 1 aromatic heterocycles. The summed E-state index contributed by atoms with van der Waals surface area (Å²) < 4.78 is 7.02. The molecule has 8 heteroatoms. The molecule has 1 spiro atoms. The molecule has 2 aliphatic rings. The predicted octanol–water partition coefficient (Wildman–Crippen LogP) is 1.16. The van der Waals surface area contributed by atoms with Crippen molar-refractivity contribution in [3.63, 3.8) is 0 Å². The number of anilines is 1. The third kappa shape index (κ3) is 3.12. The number of carbonyl (C=O) groups excluding carboxylic acids is 2. The second kappa shape index (κ2) is 7.61. The summed E-state index contributed by atoms with van der Waals surface area (Å²) in [6.07, 6.45) is 4.14. The fourth-order valence-corrected chi connectivity index (χ4v) is 4.60. The third-order valence-electron chi connectivity index (χ3n) is 6.09. The third-order valence-corrected chi connectivity index (χ3v) is 6.09. The molecule has 2 aliphatic heterocycles. The van der Waals surface area contributed by atoms with Crippen LogP contribution in [-0.4, -0.2) is 71.6 Å². The van der Waals surface area contributed by atoms with Gasteiger partial charge in [-0.05, 0) is 25.1 Å². The molecule has 0 radical (unpaired) electrons. The van der Waals surface area contributed by atoms with E-state index in [0.717, 1.165) is 17.1 Å². The number of benzene rings is 1. The summed E-state index contributed by atoms with van der Waals surface area (Å²) in [5, 5.41) is 3.03. The van der Waals surface area contributed by atoms with Gasteiger partial charge in [-0.25, -0.2) is 4.98 Å². The second-order valence-corrected chi connectivity index (χ2v) is 7.84. The number of nitrogens with one attached hydrogen (secondary N) is 1. The van der Waals surface area contributed by atoms with Crippen molar-refractivity contribution in [3.8, 4) is 0 Å². The lowest BCUT2D eigenvalue weighted by molar-refractivity contribution is -0.134. The number of imidazole rings is 1. The van der Waals surface area contributed by atoms with Gasteiger partial charge in [-0.1, -0.05) is 18.2 Å². The van der Waals surface area contributed by atoms with Crippen LogP contribution in [0.1, 0.15) is 23.9 Å². The first-order chi connectivity index (χ1) is 14.0. The first kappa shape index (κ1) is 19.6. The molecule has 154 valence electrons. The van der Waals surface area contributed by atoms with Gasteiger partial charge in [0.05, 0.1) is 13.2 Å². The molecular formula is C21H27N5O3. The van der Waals surface area contributed by atoms with Crippen molar-refractivity contribution >= 4 is 17.5 Å². The number of fused-ring (bicyclic) bond motifs is 2. The molecule has 0 saturated carbocycles. The van der Waals surface area contributed by atoms with E-state index in [1.165, 1.54) is 0 Å². The Labute approximate surface area is 170 Å². The Morgan fingerprint density at radius 1 is 1.41 bits per heavy atom. The number of rotatable bonds is 6. The molecule has 0 bridgehead atoms. The van der Waals surface area contributed by atoms with Crippen LogP contribution in [0.4, 0.5) is 5.69 Å². The predicted molar refractivity (Wildman–Crippen MR) is 108 cm³/mol. The number of amides is 2. The average molecular weight is 397 g/mol. The van der Waals surface area contributed by atoms with Crippen molar-refractivity contribution in [3.05, 3.63) is 48.0 Å². The van der Waals surface area contributed by atoms with Gasteiger partial charge in [-0.3, -0.25) is 14.5 Å². The number of hydrogen-bond acceptors (Lipinski definition) is 5. The van der Waals surface area contributed by atoms with Crippen molar-refractivity contribution in [1.29, 1.82) is 0 Å². The molecule has 29 heavy (non-hydrogen) atoms. The van der Waals surface area contributed by atoms with Gasteiger partial charge in [0.25, 0.3) is 0 Å². The van der Waals surface area contributed by atoms with Crippen LogP contribution in [0.25, 0.3) is 0 Å². The van der Waals surface area contributed by atoms with Crippen LogP contribution in [0.3, 0.4) is 0 Å². The molecule has 2 aromatic rings. The van der Waals surface area contributed by atoms with Crippen molar-refractivity contribution in [2.45, 2.75) is 17.9 Å². The van der Waals surface area contributed by atoms with Gasteiger partial charge < -0.3 is 19.5 Å². The van der Waals surface area contributed by atoms with Gasteiger partial charge in [-0.15, -0.1) is 0 Å². The summed E-state index contributed by atoms with van der Waals surface area (Å²) in [6, 6.07) is 7.31. The van der Waals surface area contributed by atoms with Crippen molar-refractivity contribution in [1.82, 2.24) is 19.4 Å². The Hall–Kier alpha value is -2.71. The molecule has 0 aliphatic carbocycles. The zero-order valence-corrected chi connectivity index (χ0v) is 17.1. The van der Waals surface area contributed by atoms with Gasteiger partial charge >= 0.3 is 0 Å². The number of aryl methyl sites for hydroxylation is 1. The lowest BCUT2D eigenvalue weighted by Gasteiger charge is -2.34. The largest absolute Gasteiger partial charge is 0.383 e. The Bertz CT molecular complexity index is 927. The quantitative estimate of drug-likeness (QED) is 0.791. The van der Waals surface area contributed by atoms with Crippen LogP contribution in [0.15, 0.2) is 36.7 Å². The van der Waals surface area contributed by atoms with Gasteiger partial charge in [0.15, 0.2) is 0 Å². The fourth-order valence-electron chi connectivity index (χ4n) is 4.60. The first-order valence-electron chi connectivity index (χ1n) is 9.84. The van der Waals surface area contributed by atoms with E-state index in [9.17, 15) is 9.59 Å². The molecule has 1 saturated heterocycles. The number of carbonyl (C=O) groups is 2. The van der Waals surface area contributed by atoms with Gasteiger partial charge in [-0.2, -0.15) is 0 Å². The number of likely N-dealkylation sites (N-methyl/N-ethyl adjacent to an activating group) is 1. The van der Waals surface area contributed by atoms with Crippen LogP contribution < -0.4 is 5.32 Å². The highest BCUT2D eigenvalue weighted by Crippen LogP contribution is 2.54. The first-order valence-corrected chi connectivity index (χ1v) is 9.84. The topological polar surface area (TPSA) is 79.7 Å². The monoisotopic (exact) mass is 397 g/mol. The molecule has 3 heterocycles. The second-order valence-electron chi connectivity index (χ2n) is 7.84. The van der Waals surface area contributed by atoms with Crippen LogP contribution in [-0.2, 0) is 26.8 Å². The molecule has 1 aromatic carbocycles. The number of nitrogens with zero attached hydrogens (tertiary/aromatic N) is 4. The van der Waals surface area contributed by atoms with Crippen molar-refractivity contribution < 1.29 is 14.3 Å². The van der Waals surface area contributed by atoms with E-state index >= 15 is 0 Å². The van der Waals surface area contributed by atoms with E-state index in [0.29, 0.717) is 26.1 Å². The standard InChI is InChI=1S/C21H27N5O3/c1-24(12-13-29-3)14-17(27)26-10-8-21(18(26)19-22-9-11-25(19)2)15-6-4-5-7-16(15)23-20(21)28/h4-7,9,11,18H,8,10,12-14H2,1-3H3,(H,23,28)/t18-,21+/m0/s1. The maximum atomic E-state index is 13.3. The molecule has 2 amide bonds. The minimum atomic E-state index is -0.823. The Morgan fingerprint density at radius 3 is 2.93 bits per heavy atom. The van der Waals surface area contributed by atoms with E-state index < -0.39 is 11.5 Å². The lowest BCUT2D eigenvalue weighted by atomic mass is 9.74. The zero-order valence-electron chi connectivity index (χ0n) is 17.1. The van der Waals surface area contributed by atoms with Crippen molar-refractivity contribution in [2.24, 2.45) is 7.05 Å². The minimum absolute atomic E-state index is 0.00865. The number of hydrogen-bond donors (Lipinski definition) is 1. The number of methoxy groups -OCH3 is 1. The van der Waals surface area contributed by atoms with E-state index in [1.54, 1.807) is 13.3 Å². The van der Waals surface area contributed by atoms with E-state index in [2.05, 4.69) is 10.3 Å². The molecule has 8 nitrogen and oxygen atoms in total. The highest BCUT2D eigenvalue weighted by Gasteiger charge is 2.60. The fraction of sp³-hybridized carbons (Fsp3) is 0.476. The molecule has 2 atom stereocenters. The maximum Gasteiger partial charge on any atom is 0.237 e. The van der Waals surface area contributed by atoms with E-state index in [1.807, 2.05) is 58.9 Å². The highest BCUT2D eigenvalue weighted by molar-refractivity contribution is 6.07. The number of para-hydroxylation sites is 1. The summed E-state index contributed by atoms with van der Waals surface area (Å²) in [5.74, 6) is 0.655. The van der Waals surface area contributed by atoms with E-state index in [4.69, 9.17) is 4.74 Å². The molecule has 1 fully saturated rings. The Morgan fingerprint density at radius 2 is 2.21 bits per heavy atom.